The van der Waals surface area contributed by atoms with Gasteiger partial charge in [-0.05, 0) is 31.7 Å². The minimum atomic E-state index is -2.99. The standard InChI is InChI=1S/C19H23ClN4O3S/c1-13-3-5-15(6-4-13)11-24-19(20)17(14(2)23-24)10-21-22-18(25)9-16-7-8-28(26,27)12-16/h3-6,10,16H,7-9,11-12H2,1-2H3,(H,22,25)/b21-10-/t16-/m0/s1. The Morgan fingerprint density at radius 3 is 2.71 bits per heavy atom. The molecular weight excluding hydrogens is 400 g/mol. The van der Waals surface area contributed by atoms with Gasteiger partial charge >= 0.3 is 0 Å². The highest BCUT2D eigenvalue weighted by Gasteiger charge is 2.29. The maximum absolute atomic E-state index is 12.0. The number of benzene rings is 1. The smallest absolute Gasteiger partial charge is 0.240 e. The number of carbonyl (C=O) groups excluding carboxylic acids is 1. The summed E-state index contributed by atoms with van der Waals surface area (Å²) in [5.74, 6) is -0.216. The molecule has 1 atom stereocenters. The molecule has 0 saturated carbocycles. The fourth-order valence-corrected chi connectivity index (χ4v) is 5.34. The Labute approximate surface area is 169 Å². The maximum Gasteiger partial charge on any atom is 0.240 e. The number of hydrogen-bond donors (Lipinski definition) is 1. The third-order valence-electron chi connectivity index (χ3n) is 4.75. The molecule has 28 heavy (non-hydrogen) atoms. The minimum absolute atomic E-state index is 0.0703. The zero-order valence-corrected chi connectivity index (χ0v) is 17.4. The van der Waals surface area contributed by atoms with E-state index in [-0.39, 0.29) is 29.8 Å². The van der Waals surface area contributed by atoms with Crippen molar-refractivity contribution < 1.29 is 13.2 Å². The van der Waals surface area contributed by atoms with E-state index in [4.69, 9.17) is 11.6 Å². The van der Waals surface area contributed by atoms with Gasteiger partial charge in [-0.15, -0.1) is 0 Å². The molecule has 1 N–H and O–H groups in total. The summed E-state index contributed by atoms with van der Waals surface area (Å²) >= 11 is 6.42. The summed E-state index contributed by atoms with van der Waals surface area (Å²) < 4.78 is 24.6. The highest BCUT2D eigenvalue weighted by Crippen LogP contribution is 2.21. The van der Waals surface area contributed by atoms with Crippen LogP contribution in [-0.4, -0.2) is 41.8 Å². The zero-order valence-electron chi connectivity index (χ0n) is 15.9. The predicted octanol–water partition coefficient (Wildman–Crippen LogP) is 2.48. The van der Waals surface area contributed by atoms with Crippen LogP contribution in [0.5, 0.6) is 0 Å². The Balaban J connectivity index is 1.60. The van der Waals surface area contributed by atoms with Gasteiger partial charge in [0.2, 0.25) is 5.91 Å². The molecule has 0 spiro atoms. The number of halogens is 1. The average Bonchev–Trinajstić information content (AvgIpc) is 3.09. The molecule has 150 valence electrons. The zero-order chi connectivity index (χ0) is 20.3. The fraction of sp³-hybridized carbons (Fsp3) is 0.421. The van der Waals surface area contributed by atoms with Crippen molar-refractivity contribution in [2.24, 2.45) is 11.0 Å². The van der Waals surface area contributed by atoms with Crippen LogP contribution in [0.4, 0.5) is 0 Å². The maximum atomic E-state index is 12.0. The van der Waals surface area contributed by atoms with E-state index in [1.165, 1.54) is 11.8 Å². The third-order valence-corrected chi connectivity index (χ3v) is 6.98. The number of carbonyl (C=O) groups is 1. The molecule has 0 radical (unpaired) electrons. The number of aromatic nitrogens is 2. The van der Waals surface area contributed by atoms with E-state index in [9.17, 15) is 13.2 Å². The number of amides is 1. The molecule has 9 heteroatoms. The summed E-state index contributed by atoms with van der Waals surface area (Å²) in [5.41, 5.74) is 6.05. The largest absolute Gasteiger partial charge is 0.273 e. The SMILES string of the molecule is Cc1ccc(Cn2nc(C)c(/C=N\NC(=O)C[C@@H]3CCS(=O)(=O)C3)c2Cl)cc1. The Morgan fingerprint density at radius 2 is 2.07 bits per heavy atom. The lowest BCUT2D eigenvalue weighted by Gasteiger charge is -2.05. The van der Waals surface area contributed by atoms with Crippen LogP contribution in [0, 0.1) is 19.8 Å². The van der Waals surface area contributed by atoms with E-state index in [1.807, 2.05) is 38.1 Å². The molecule has 1 amide bonds. The number of rotatable bonds is 6. The number of hydrazone groups is 1. The molecule has 1 aromatic heterocycles. The quantitative estimate of drug-likeness (QED) is 0.571. The average molecular weight is 423 g/mol. The molecule has 1 aliphatic heterocycles. The van der Waals surface area contributed by atoms with Crippen molar-refractivity contribution in [2.45, 2.75) is 33.2 Å². The van der Waals surface area contributed by atoms with Gasteiger partial charge in [-0.3, -0.25) is 4.79 Å². The number of hydrogen-bond acceptors (Lipinski definition) is 5. The summed E-state index contributed by atoms with van der Waals surface area (Å²) in [6.07, 6.45) is 2.14. The number of sulfone groups is 1. The van der Waals surface area contributed by atoms with Gasteiger partial charge < -0.3 is 0 Å². The predicted molar refractivity (Wildman–Crippen MR) is 109 cm³/mol. The highest BCUT2D eigenvalue weighted by molar-refractivity contribution is 7.91. The summed E-state index contributed by atoms with van der Waals surface area (Å²) in [4.78, 5) is 12.0. The van der Waals surface area contributed by atoms with Crippen LogP contribution in [0.1, 0.15) is 35.2 Å². The van der Waals surface area contributed by atoms with Crippen LogP contribution in [0.15, 0.2) is 29.4 Å². The minimum Gasteiger partial charge on any atom is -0.273 e. The molecule has 0 aliphatic carbocycles. The first kappa shape index (κ1) is 20.5. The van der Waals surface area contributed by atoms with Crippen LogP contribution >= 0.6 is 11.6 Å². The van der Waals surface area contributed by atoms with Gasteiger partial charge in [0, 0.05) is 6.42 Å². The van der Waals surface area contributed by atoms with Gasteiger partial charge in [0.05, 0.1) is 35.5 Å². The molecule has 0 unspecified atom stereocenters. The molecule has 1 aromatic carbocycles. The number of nitrogens with zero attached hydrogens (tertiary/aromatic N) is 3. The van der Waals surface area contributed by atoms with Gasteiger partial charge in [0.1, 0.15) is 5.15 Å². The van der Waals surface area contributed by atoms with Gasteiger partial charge in [-0.2, -0.15) is 10.2 Å². The van der Waals surface area contributed by atoms with Crippen molar-refractivity contribution in [3.05, 3.63) is 51.8 Å². The second-order valence-electron chi connectivity index (χ2n) is 7.20. The summed E-state index contributed by atoms with van der Waals surface area (Å²) in [6.45, 7) is 4.39. The highest BCUT2D eigenvalue weighted by atomic mass is 35.5. The first-order chi connectivity index (χ1) is 13.2. The van der Waals surface area contributed by atoms with Gasteiger partial charge in [0.15, 0.2) is 9.84 Å². The van der Waals surface area contributed by atoms with Crippen molar-refractivity contribution >= 4 is 33.6 Å². The van der Waals surface area contributed by atoms with Crippen LogP contribution in [0.25, 0.3) is 0 Å². The van der Waals surface area contributed by atoms with Crippen LogP contribution in [-0.2, 0) is 21.2 Å². The van der Waals surface area contributed by atoms with Crippen molar-refractivity contribution in [2.75, 3.05) is 11.5 Å². The molecule has 1 aliphatic rings. The van der Waals surface area contributed by atoms with Gasteiger partial charge in [-0.1, -0.05) is 41.4 Å². The molecule has 2 heterocycles. The Hall–Kier alpha value is -2.19. The Morgan fingerprint density at radius 1 is 1.36 bits per heavy atom. The van der Waals surface area contributed by atoms with E-state index in [0.29, 0.717) is 29.4 Å². The van der Waals surface area contributed by atoms with Crippen molar-refractivity contribution in [3.63, 3.8) is 0 Å². The lowest BCUT2D eigenvalue weighted by Crippen LogP contribution is -2.21. The van der Waals surface area contributed by atoms with Crippen molar-refractivity contribution in [1.82, 2.24) is 15.2 Å². The first-order valence-corrected chi connectivity index (χ1v) is 11.2. The molecule has 1 fully saturated rings. The van der Waals surface area contributed by atoms with Crippen LogP contribution in [0.3, 0.4) is 0 Å². The number of aryl methyl sites for hydroxylation is 2. The van der Waals surface area contributed by atoms with Crippen molar-refractivity contribution in [3.8, 4) is 0 Å². The normalized spacial score (nSPS) is 18.6. The fourth-order valence-electron chi connectivity index (χ4n) is 3.19. The molecular formula is C19H23ClN4O3S. The Bertz CT molecular complexity index is 997. The third kappa shape index (κ3) is 5.20. The summed E-state index contributed by atoms with van der Waals surface area (Å²) in [7, 11) is -2.99. The van der Waals surface area contributed by atoms with Gasteiger partial charge in [0.25, 0.3) is 0 Å². The summed E-state index contributed by atoms with van der Waals surface area (Å²) in [6, 6.07) is 8.12. The van der Waals surface area contributed by atoms with E-state index in [2.05, 4.69) is 15.6 Å². The van der Waals surface area contributed by atoms with Crippen LogP contribution in [0.2, 0.25) is 5.15 Å². The first-order valence-electron chi connectivity index (χ1n) is 9.04. The van der Waals surface area contributed by atoms with E-state index in [0.717, 1.165) is 5.56 Å². The van der Waals surface area contributed by atoms with Crippen LogP contribution < -0.4 is 5.43 Å². The lowest BCUT2D eigenvalue weighted by atomic mass is 10.1. The van der Waals surface area contributed by atoms with Crippen molar-refractivity contribution in [1.29, 1.82) is 0 Å². The number of nitrogens with one attached hydrogen (secondary N) is 1. The molecule has 0 bridgehead atoms. The molecule has 2 aromatic rings. The molecule has 7 nitrogen and oxygen atoms in total. The second-order valence-corrected chi connectivity index (χ2v) is 9.79. The van der Waals surface area contributed by atoms with E-state index in [1.54, 1.807) is 4.68 Å². The Kier molecular flexibility index (Phi) is 6.20. The lowest BCUT2D eigenvalue weighted by molar-refractivity contribution is -0.121. The second kappa shape index (κ2) is 8.45. The summed E-state index contributed by atoms with van der Waals surface area (Å²) in [5, 5.41) is 8.84. The monoisotopic (exact) mass is 422 g/mol. The molecule has 1 saturated heterocycles. The van der Waals surface area contributed by atoms with E-state index >= 15 is 0 Å². The topological polar surface area (TPSA) is 93.4 Å². The molecule has 3 rings (SSSR count). The van der Waals surface area contributed by atoms with E-state index < -0.39 is 9.84 Å². The van der Waals surface area contributed by atoms with Gasteiger partial charge in [-0.25, -0.2) is 18.5 Å².